The second kappa shape index (κ2) is 9.04. The predicted molar refractivity (Wildman–Crippen MR) is 117 cm³/mol. The number of fused-ring (bicyclic) bond motifs is 1. The summed E-state index contributed by atoms with van der Waals surface area (Å²) in [6, 6.07) is 21.5. The van der Waals surface area contributed by atoms with Crippen LogP contribution in [0.3, 0.4) is 0 Å². The van der Waals surface area contributed by atoms with Crippen molar-refractivity contribution in [3.63, 3.8) is 0 Å². The van der Waals surface area contributed by atoms with Gasteiger partial charge in [-0.25, -0.2) is 4.39 Å². The van der Waals surface area contributed by atoms with Gasteiger partial charge >= 0.3 is 0 Å². The maximum Gasteiger partial charge on any atom is 0.262 e. The van der Waals surface area contributed by atoms with Crippen LogP contribution in [0.2, 0.25) is 0 Å². The fourth-order valence-electron chi connectivity index (χ4n) is 3.07. The molecule has 0 spiro atoms. The average Bonchev–Trinajstić information content (AvgIpc) is 2.80. The molecule has 0 radical (unpaired) electrons. The second-order valence-corrected chi connectivity index (χ2v) is 6.64. The first-order chi connectivity index (χ1) is 15.1. The number of halogens is 1. The van der Waals surface area contributed by atoms with Gasteiger partial charge in [0, 0.05) is 11.6 Å². The summed E-state index contributed by atoms with van der Waals surface area (Å²) in [4.78, 5) is 29.3. The third-order valence-corrected chi connectivity index (χ3v) is 4.53. The van der Waals surface area contributed by atoms with Crippen molar-refractivity contribution in [2.45, 2.75) is 0 Å². The molecular formula is C24H18FN3O3. The minimum Gasteiger partial charge on any atom is -0.483 e. The van der Waals surface area contributed by atoms with Crippen molar-refractivity contribution in [2.75, 3.05) is 17.2 Å². The number of carbonyl (C=O) groups is 2. The minimum absolute atomic E-state index is 0.0618. The highest BCUT2D eigenvalue weighted by molar-refractivity contribution is 6.10. The molecule has 0 atom stereocenters. The molecular weight excluding hydrogens is 397 g/mol. The van der Waals surface area contributed by atoms with Gasteiger partial charge in [0.1, 0.15) is 11.6 Å². The topological polar surface area (TPSA) is 80.3 Å². The number of ether oxygens (including phenoxy) is 1. The number of nitrogens with one attached hydrogen (secondary N) is 2. The molecule has 1 aromatic heterocycles. The minimum atomic E-state index is -0.541. The molecule has 1 heterocycles. The number of hydrogen-bond donors (Lipinski definition) is 2. The van der Waals surface area contributed by atoms with E-state index < -0.39 is 11.7 Å². The highest BCUT2D eigenvalue weighted by atomic mass is 19.1. The Bertz CT molecular complexity index is 1250. The molecule has 154 valence electrons. The van der Waals surface area contributed by atoms with Gasteiger partial charge in [-0.2, -0.15) is 0 Å². The molecule has 0 aliphatic rings. The van der Waals surface area contributed by atoms with Crippen LogP contribution in [-0.4, -0.2) is 23.4 Å². The fraction of sp³-hybridized carbons (Fsp3) is 0.0417. The summed E-state index contributed by atoms with van der Waals surface area (Å²) in [7, 11) is 0. The van der Waals surface area contributed by atoms with Crippen molar-refractivity contribution in [2.24, 2.45) is 0 Å². The first kappa shape index (κ1) is 20.0. The molecule has 0 unspecified atom stereocenters. The zero-order valence-electron chi connectivity index (χ0n) is 16.3. The molecule has 2 amide bonds. The van der Waals surface area contributed by atoms with Crippen LogP contribution in [0.1, 0.15) is 10.4 Å². The van der Waals surface area contributed by atoms with Crippen molar-refractivity contribution < 1.29 is 18.7 Å². The monoisotopic (exact) mass is 415 g/mol. The number of para-hydroxylation sites is 2. The smallest absolute Gasteiger partial charge is 0.262 e. The number of aromatic nitrogens is 1. The molecule has 0 aliphatic carbocycles. The Morgan fingerprint density at radius 2 is 1.61 bits per heavy atom. The SMILES string of the molecule is O=C(COc1ccccc1C(=O)Nc1cccc2ncccc12)Nc1ccccc1F. The third kappa shape index (κ3) is 4.67. The maximum absolute atomic E-state index is 13.7. The van der Waals surface area contributed by atoms with E-state index in [1.807, 2.05) is 12.1 Å². The third-order valence-electron chi connectivity index (χ3n) is 4.53. The quantitative estimate of drug-likeness (QED) is 0.481. The Labute approximate surface area is 177 Å². The number of nitrogens with zero attached hydrogens (tertiary/aromatic N) is 1. The molecule has 4 rings (SSSR count). The van der Waals surface area contributed by atoms with Crippen LogP contribution >= 0.6 is 0 Å². The molecule has 2 N–H and O–H groups in total. The summed E-state index contributed by atoms with van der Waals surface area (Å²) in [5.41, 5.74) is 1.70. The lowest BCUT2D eigenvalue weighted by Crippen LogP contribution is -2.22. The maximum atomic E-state index is 13.7. The molecule has 4 aromatic rings. The second-order valence-electron chi connectivity index (χ2n) is 6.64. The standard InChI is InChI=1S/C24H18FN3O3/c25-18-9-2-3-10-21(18)27-23(29)15-31-22-13-4-1-7-17(22)24(30)28-20-12-5-11-19-16(20)8-6-14-26-19/h1-14H,15H2,(H,27,29)(H,28,30). The first-order valence-electron chi connectivity index (χ1n) is 9.53. The van der Waals surface area contributed by atoms with Gasteiger partial charge in [0.25, 0.3) is 11.8 Å². The van der Waals surface area contributed by atoms with Crippen LogP contribution in [0.4, 0.5) is 15.8 Å². The van der Waals surface area contributed by atoms with Crippen molar-refractivity contribution in [1.29, 1.82) is 0 Å². The van der Waals surface area contributed by atoms with Gasteiger partial charge in [-0.3, -0.25) is 14.6 Å². The van der Waals surface area contributed by atoms with E-state index in [-0.39, 0.29) is 29.5 Å². The zero-order valence-corrected chi connectivity index (χ0v) is 16.3. The largest absolute Gasteiger partial charge is 0.483 e. The number of carbonyl (C=O) groups excluding carboxylic acids is 2. The van der Waals surface area contributed by atoms with Gasteiger partial charge in [0.15, 0.2) is 6.61 Å². The highest BCUT2D eigenvalue weighted by Crippen LogP contribution is 2.24. The summed E-state index contributed by atoms with van der Waals surface area (Å²) in [5, 5.41) is 6.12. The summed E-state index contributed by atoms with van der Waals surface area (Å²) in [6.45, 7) is -0.378. The molecule has 0 aliphatic heterocycles. The summed E-state index contributed by atoms with van der Waals surface area (Å²) in [5.74, 6) is -1.23. The van der Waals surface area contributed by atoms with E-state index in [1.165, 1.54) is 18.2 Å². The zero-order chi connectivity index (χ0) is 21.6. The van der Waals surface area contributed by atoms with E-state index in [1.54, 1.807) is 54.7 Å². The molecule has 0 fully saturated rings. The molecule has 0 saturated heterocycles. The van der Waals surface area contributed by atoms with Crippen LogP contribution in [0.5, 0.6) is 5.75 Å². The van der Waals surface area contributed by atoms with E-state index in [0.717, 1.165) is 10.9 Å². The van der Waals surface area contributed by atoms with Crippen molar-refractivity contribution in [3.05, 3.63) is 96.4 Å². The van der Waals surface area contributed by atoms with Crippen LogP contribution in [0, 0.1) is 5.82 Å². The molecule has 31 heavy (non-hydrogen) atoms. The van der Waals surface area contributed by atoms with E-state index in [0.29, 0.717) is 5.69 Å². The van der Waals surface area contributed by atoms with Crippen molar-refractivity contribution >= 4 is 34.1 Å². The van der Waals surface area contributed by atoms with Gasteiger partial charge < -0.3 is 15.4 Å². The van der Waals surface area contributed by atoms with Crippen LogP contribution < -0.4 is 15.4 Å². The number of anilines is 2. The van der Waals surface area contributed by atoms with Gasteiger partial charge in [0.05, 0.1) is 22.5 Å². The van der Waals surface area contributed by atoms with E-state index in [4.69, 9.17) is 4.74 Å². The summed E-state index contributed by atoms with van der Waals surface area (Å²) in [6.07, 6.45) is 1.68. The fourth-order valence-corrected chi connectivity index (χ4v) is 3.07. The number of pyridine rings is 1. The Balaban J connectivity index is 1.47. The van der Waals surface area contributed by atoms with Gasteiger partial charge in [-0.15, -0.1) is 0 Å². The van der Waals surface area contributed by atoms with Gasteiger partial charge in [-0.1, -0.05) is 30.3 Å². The number of benzene rings is 3. The Hall–Kier alpha value is -4.26. The van der Waals surface area contributed by atoms with Crippen molar-refractivity contribution in [3.8, 4) is 5.75 Å². The predicted octanol–water partition coefficient (Wildman–Crippen LogP) is 4.64. The molecule has 0 bridgehead atoms. The number of amides is 2. The van der Waals surface area contributed by atoms with E-state index >= 15 is 0 Å². The number of rotatable bonds is 6. The van der Waals surface area contributed by atoms with Crippen molar-refractivity contribution in [1.82, 2.24) is 4.98 Å². The highest BCUT2D eigenvalue weighted by Gasteiger charge is 2.15. The van der Waals surface area contributed by atoms with Crippen LogP contribution in [0.15, 0.2) is 85.1 Å². The number of hydrogen-bond acceptors (Lipinski definition) is 4. The van der Waals surface area contributed by atoms with E-state index in [2.05, 4.69) is 15.6 Å². The lowest BCUT2D eigenvalue weighted by molar-refractivity contribution is -0.118. The van der Waals surface area contributed by atoms with Gasteiger partial charge in [0.2, 0.25) is 0 Å². The lowest BCUT2D eigenvalue weighted by atomic mass is 10.1. The van der Waals surface area contributed by atoms with E-state index in [9.17, 15) is 14.0 Å². The van der Waals surface area contributed by atoms with Crippen LogP contribution in [-0.2, 0) is 4.79 Å². The molecule has 6 nitrogen and oxygen atoms in total. The Morgan fingerprint density at radius 3 is 2.48 bits per heavy atom. The Morgan fingerprint density at radius 1 is 0.839 bits per heavy atom. The lowest BCUT2D eigenvalue weighted by Gasteiger charge is -2.13. The first-order valence-corrected chi connectivity index (χ1v) is 9.53. The molecule has 3 aromatic carbocycles. The van der Waals surface area contributed by atoms with Crippen LogP contribution in [0.25, 0.3) is 10.9 Å². The Kier molecular flexibility index (Phi) is 5.84. The van der Waals surface area contributed by atoms with Gasteiger partial charge in [-0.05, 0) is 48.5 Å². The normalized spacial score (nSPS) is 10.5. The molecule has 0 saturated carbocycles. The summed E-state index contributed by atoms with van der Waals surface area (Å²) >= 11 is 0. The molecule has 7 heteroatoms. The average molecular weight is 415 g/mol. The summed E-state index contributed by atoms with van der Waals surface area (Å²) < 4.78 is 19.2.